The molecule has 3 fully saturated rings. The predicted octanol–water partition coefficient (Wildman–Crippen LogP) is 7.49. The Hall–Kier alpha value is -5.73. The van der Waals surface area contributed by atoms with Crippen molar-refractivity contribution in [3.8, 4) is 16.2 Å². The molecule has 3 saturated heterocycles. The zero-order valence-corrected chi connectivity index (χ0v) is 42.0. The molecule has 3 aromatic carbocycles. The van der Waals surface area contributed by atoms with E-state index >= 15 is 0 Å². The smallest absolute Gasteiger partial charge is 0.349 e. The van der Waals surface area contributed by atoms with Gasteiger partial charge < -0.3 is 40.3 Å². The number of imide groups is 1. The number of thiophene rings is 1. The number of anilines is 4. The summed E-state index contributed by atoms with van der Waals surface area (Å²) in [5, 5.41) is 25.7. The highest BCUT2D eigenvalue weighted by Gasteiger charge is 2.36. The molecule has 7 rings (SSSR count). The summed E-state index contributed by atoms with van der Waals surface area (Å²) in [6.07, 6.45) is 6.48. The first-order valence-electron chi connectivity index (χ1n) is 22.5. The Kier molecular flexibility index (Phi) is 19.8. The Morgan fingerprint density at radius 1 is 1.01 bits per heavy atom. The third-order valence-electron chi connectivity index (χ3n) is 12.4. The van der Waals surface area contributed by atoms with Gasteiger partial charge in [-0.15, -0.1) is 11.3 Å². The maximum atomic E-state index is 14.7. The summed E-state index contributed by atoms with van der Waals surface area (Å²) in [5.74, 6) is -1.04. The highest BCUT2D eigenvalue weighted by Crippen LogP contribution is 2.46. The topological polar surface area (TPSA) is 201 Å². The van der Waals surface area contributed by atoms with Crippen molar-refractivity contribution < 1.29 is 48.1 Å². The molecule has 3 aliphatic rings. The van der Waals surface area contributed by atoms with E-state index in [1.165, 1.54) is 4.90 Å². The SMILES string of the molecule is CN(C=O)c1cc(C2CCN(C=O)CC2)ccc1N(C)C1CCC(=O)NC1=O.CNc1cccc(CSN2CCC(Nc3cccc(-c4sc(C(=O)O)c(OCC=O)c4Cl)c3)CC2(C)C)c1F.CO. The van der Waals surface area contributed by atoms with Crippen LogP contribution in [0.1, 0.15) is 79.1 Å². The van der Waals surface area contributed by atoms with E-state index in [-0.39, 0.29) is 51.5 Å². The fourth-order valence-corrected chi connectivity index (χ4v) is 11.3. The lowest BCUT2D eigenvalue weighted by atomic mass is 9.89. The first-order valence-corrected chi connectivity index (χ1v) is 24.6. The maximum Gasteiger partial charge on any atom is 0.349 e. The van der Waals surface area contributed by atoms with Crippen LogP contribution in [-0.4, -0.2) is 128 Å². The Bertz CT molecular complexity index is 2450. The Morgan fingerprint density at radius 2 is 1.74 bits per heavy atom. The summed E-state index contributed by atoms with van der Waals surface area (Å²) >= 11 is 9.17. The lowest BCUT2D eigenvalue weighted by Gasteiger charge is -2.45. The molecule has 0 bridgehead atoms. The first kappa shape index (κ1) is 54.2. The van der Waals surface area contributed by atoms with Gasteiger partial charge in [0.15, 0.2) is 16.9 Å². The number of carboxylic acids is 1. The number of amides is 4. The third kappa shape index (κ3) is 13.5. The first-order chi connectivity index (χ1) is 33.1. The number of aliphatic hydroxyl groups is 1. The van der Waals surface area contributed by atoms with Crippen molar-refractivity contribution in [3.63, 3.8) is 0 Å². The number of likely N-dealkylation sites (tertiary alicyclic amines) is 1. The zero-order valence-electron chi connectivity index (χ0n) is 39.6. The van der Waals surface area contributed by atoms with E-state index in [1.807, 2.05) is 59.5 Å². The van der Waals surface area contributed by atoms with Crippen LogP contribution in [0.15, 0.2) is 60.7 Å². The van der Waals surface area contributed by atoms with Crippen LogP contribution < -0.4 is 30.5 Å². The van der Waals surface area contributed by atoms with Gasteiger partial charge in [-0.2, -0.15) is 0 Å². The third-order valence-corrected chi connectivity index (χ3v) is 15.5. The van der Waals surface area contributed by atoms with Crippen LogP contribution in [0.5, 0.6) is 5.75 Å². The number of rotatable bonds is 17. The van der Waals surface area contributed by atoms with E-state index < -0.39 is 12.0 Å². The second-order valence-electron chi connectivity index (χ2n) is 17.3. The van der Waals surface area contributed by atoms with Crippen LogP contribution in [-0.2, 0) is 29.7 Å². The van der Waals surface area contributed by atoms with E-state index in [2.05, 4.69) is 34.1 Å². The van der Waals surface area contributed by atoms with Gasteiger partial charge in [0.25, 0.3) is 0 Å². The van der Waals surface area contributed by atoms with Gasteiger partial charge in [0.1, 0.15) is 23.5 Å². The average Bonchev–Trinajstić information content (AvgIpc) is 3.69. The molecule has 2 atom stereocenters. The molecule has 0 saturated carbocycles. The van der Waals surface area contributed by atoms with Crippen LogP contribution in [0.2, 0.25) is 5.02 Å². The number of nitrogens with one attached hydrogen (secondary N) is 3. The van der Waals surface area contributed by atoms with E-state index in [9.17, 15) is 38.3 Å². The van der Waals surface area contributed by atoms with Gasteiger partial charge in [0, 0.05) is 82.9 Å². The lowest BCUT2D eigenvalue weighted by molar-refractivity contribution is -0.134. The molecule has 4 aromatic rings. The fourth-order valence-electron chi connectivity index (χ4n) is 8.72. The van der Waals surface area contributed by atoms with Crippen LogP contribution >= 0.6 is 34.9 Å². The normalized spacial score (nSPS) is 18.0. The molecular formula is C49H61ClFN7O9S2. The summed E-state index contributed by atoms with van der Waals surface area (Å²) in [6, 6.07) is 18.8. The molecule has 0 spiro atoms. The predicted molar refractivity (Wildman–Crippen MR) is 271 cm³/mol. The summed E-state index contributed by atoms with van der Waals surface area (Å²) in [6.45, 7) is 6.42. The number of hydrogen-bond acceptors (Lipinski definition) is 14. The van der Waals surface area contributed by atoms with Crippen molar-refractivity contribution in [3.05, 3.63) is 87.5 Å². The van der Waals surface area contributed by atoms with Crippen molar-refractivity contribution >= 4 is 94.5 Å². The molecule has 69 heavy (non-hydrogen) atoms. The van der Waals surface area contributed by atoms with Crippen molar-refractivity contribution in [2.24, 2.45) is 0 Å². The van der Waals surface area contributed by atoms with Gasteiger partial charge in [-0.3, -0.25) is 29.3 Å². The molecule has 0 radical (unpaired) electrons. The standard InChI is InChI=1S/C28H31ClFN3O4S2.C20H26N4O4.CH4O/c1-28(2)15-20(10-11-33(28)38-16-18-7-5-9-21(31-3)23(18)30)32-19-8-4-6-17(14-19)25-22(29)24(37-13-12-34)26(39-25)27(35)36;1-22(12-25)18-11-15(14-7-9-24(13-26)10-8-14)3-4-16(18)23(2)17-5-6-19(27)21-20(17)28;1-2/h4-9,12,14,20,31-32H,10-11,13,15-16H2,1-3H3,(H,35,36);3-4,11-14,17H,5-10H2,1-2H3,(H,21,27,28);2H,1H3. The number of benzene rings is 3. The number of carbonyl (C=O) groups is 6. The van der Waals surface area contributed by atoms with Crippen LogP contribution in [0, 0.1) is 5.82 Å². The second-order valence-corrected chi connectivity index (χ2v) is 19.7. The Balaban J connectivity index is 0.000000261. The van der Waals surface area contributed by atoms with E-state index in [0.717, 1.165) is 105 Å². The minimum absolute atomic E-state index is 0.0128. The van der Waals surface area contributed by atoms with E-state index in [1.54, 1.807) is 44.1 Å². The van der Waals surface area contributed by atoms with Gasteiger partial charge in [0.05, 0.1) is 21.9 Å². The molecule has 16 nitrogen and oxygen atoms in total. The number of hydrogen-bond donors (Lipinski definition) is 5. The molecular weight excluding hydrogens is 949 g/mol. The molecule has 20 heteroatoms. The van der Waals surface area contributed by atoms with E-state index in [0.29, 0.717) is 46.9 Å². The monoisotopic (exact) mass is 1010 g/mol. The number of aromatic carboxylic acids is 1. The highest BCUT2D eigenvalue weighted by atomic mass is 35.5. The molecule has 3 aliphatic heterocycles. The number of aldehydes is 1. The van der Waals surface area contributed by atoms with Gasteiger partial charge in [-0.1, -0.05) is 53.9 Å². The number of nitrogens with zero attached hydrogens (tertiary/aromatic N) is 4. The largest absolute Gasteiger partial charge is 0.483 e. The summed E-state index contributed by atoms with van der Waals surface area (Å²) in [4.78, 5) is 74.2. The average molecular weight is 1010 g/mol. The van der Waals surface area contributed by atoms with Gasteiger partial charge in [-0.25, -0.2) is 13.5 Å². The molecule has 5 N–H and O–H groups in total. The molecule has 2 unspecified atom stereocenters. The van der Waals surface area contributed by atoms with Crippen LogP contribution in [0.25, 0.3) is 10.4 Å². The quantitative estimate of drug-likeness (QED) is 0.0396. The number of ether oxygens (including phenoxy) is 1. The summed E-state index contributed by atoms with van der Waals surface area (Å²) in [7, 11) is 6.21. The molecule has 1 aromatic heterocycles. The van der Waals surface area contributed by atoms with Crippen LogP contribution in [0.4, 0.5) is 27.1 Å². The lowest BCUT2D eigenvalue weighted by Crippen LogP contribution is -2.51. The minimum Gasteiger partial charge on any atom is -0.483 e. The van der Waals surface area contributed by atoms with Crippen molar-refractivity contribution in [1.29, 1.82) is 0 Å². The van der Waals surface area contributed by atoms with Crippen molar-refractivity contribution in [1.82, 2.24) is 14.5 Å². The summed E-state index contributed by atoms with van der Waals surface area (Å²) < 4.78 is 22.3. The molecule has 0 aliphatic carbocycles. The Morgan fingerprint density at radius 3 is 2.38 bits per heavy atom. The van der Waals surface area contributed by atoms with Gasteiger partial charge in [0.2, 0.25) is 24.6 Å². The van der Waals surface area contributed by atoms with Crippen LogP contribution in [0.3, 0.4) is 0 Å². The van der Waals surface area contributed by atoms with E-state index in [4.69, 9.17) is 21.4 Å². The fraction of sp³-hybridized carbons (Fsp3) is 0.429. The Labute approximate surface area is 415 Å². The minimum atomic E-state index is -1.16. The summed E-state index contributed by atoms with van der Waals surface area (Å²) in [5.41, 5.74) is 5.33. The van der Waals surface area contributed by atoms with Crippen molar-refractivity contribution in [2.75, 3.05) is 74.9 Å². The number of carbonyl (C=O) groups excluding carboxylic acids is 5. The zero-order chi connectivity index (χ0) is 50.4. The van der Waals surface area contributed by atoms with Gasteiger partial charge in [-0.05, 0) is 93.3 Å². The molecule has 372 valence electrons. The highest BCUT2D eigenvalue weighted by molar-refractivity contribution is 7.96. The number of likely N-dealkylation sites (N-methyl/N-ethyl adjacent to an activating group) is 1. The van der Waals surface area contributed by atoms with Crippen molar-refractivity contribution in [2.45, 2.75) is 81.7 Å². The second kappa shape index (κ2) is 25.2. The number of halogens is 2. The van der Waals surface area contributed by atoms with Gasteiger partial charge >= 0.3 is 5.97 Å². The molecule has 4 amide bonds. The number of aliphatic hydroxyl groups excluding tert-OH is 1. The number of piperidine rings is 3. The number of carboxylic acid groups (broad SMARTS) is 1. The molecule has 4 heterocycles. The maximum absolute atomic E-state index is 14.7.